The number of nitrogens with zero attached hydrogens (tertiary/aromatic N) is 2. The van der Waals surface area contributed by atoms with Crippen LogP contribution in [0, 0.1) is 12.8 Å². The first-order valence-corrected chi connectivity index (χ1v) is 7.43. The maximum absolute atomic E-state index is 12.2. The van der Waals surface area contributed by atoms with E-state index in [2.05, 4.69) is 15.5 Å². The van der Waals surface area contributed by atoms with Crippen LogP contribution in [0.3, 0.4) is 0 Å². The van der Waals surface area contributed by atoms with E-state index in [1.165, 1.54) is 19.2 Å². The number of amides is 1. The van der Waals surface area contributed by atoms with Crippen LogP contribution in [0.1, 0.15) is 25.3 Å². The van der Waals surface area contributed by atoms with Gasteiger partial charge in [-0.1, -0.05) is 6.07 Å². The quantitative estimate of drug-likeness (QED) is 0.887. The van der Waals surface area contributed by atoms with E-state index in [0.717, 1.165) is 16.8 Å². The van der Waals surface area contributed by atoms with E-state index in [1.807, 2.05) is 25.1 Å². The van der Waals surface area contributed by atoms with Gasteiger partial charge in [-0.15, -0.1) is 10.2 Å². The Balaban J connectivity index is 1.67. The van der Waals surface area contributed by atoms with Crippen molar-refractivity contribution in [3.05, 3.63) is 30.2 Å². The second-order valence-corrected chi connectivity index (χ2v) is 5.68. The molecular formula is C16H19N3O3. The van der Waals surface area contributed by atoms with Gasteiger partial charge in [0.05, 0.1) is 6.61 Å². The summed E-state index contributed by atoms with van der Waals surface area (Å²) in [5.74, 6) is 0.915. The number of rotatable bonds is 6. The monoisotopic (exact) mass is 301 g/mol. The SMILES string of the molecule is Cc1ccc(-c2nnco2)cc1NC(=O)C(C)OCC1CC1. The van der Waals surface area contributed by atoms with Gasteiger partial charge in [-0.2, -0.15) is 0 Å². The molecule has 22 heavy (non-hydrogen) atoms. The van der Waals surface area contributed by atoms with E-state index in [0.29, 0.717) is 18.4 Å². The number of anilines is 1. The number of hydrogen-bond acceptors (Lipinski definition) is 5. The third-order valence-corrected chi connectivity index (χ3v) is 3.75. The van der Waals surface area contributed by atoms with Crippen molar-refractivity contribution in [1.82, 2.24) is 10.2 Å². The molecule has 1 atom stereocenters. The minimum atomic E-state index is -0.466. The highest BCUT2D eigenvalue weighted by molar-refractivity contribution is 5.95. The number of benzene rings is 1. The average molecular weight is 301 g/mol. The zero-order valence-corrected chi connectivity index (χ0v) is 12.7. The predicted molar refractivity (Wildman–Crippen MR) is 81.2 cm³/mol. The fourth-order valence-corrected chi connectivity index (χ4v) is 2.06. The molecule has 1 aromatic carbocycles. The van der Waals surface area contributed by atoms with Crippen LogP contribution in [0.2, 0.25) is 0 Å². The lowest BCUT2D eigenvalue weighted by Crippen LogP contribution is -2.28. The summed E-state index contributed by atoms with van der Waals surface area (Å²) in [6, 6.07) is 5.62. The highest BCUT2D eigenvalue weighted by Gasteiger charge is 2.24. The van der Waals surface area contributed by atoms with Gasteiger partial charge in [-0.05, 0) is 50.3 Å². The van der Waals surface area contributed by atoms with Gasteiger partial charge < -0.3 is 14.5 Å². The van der Waals surface area contributed by atoms with E-state index in [-0.39, 0.29) is 5.91 Å². The van der Waals surface area contributed by atoms with Crippen molar-refractivity contribution in [3.8, 4) is 11.5 Å². The smallest absolute Gasteiger partial charge is 0.253 e. The van der Waals surface area contributed by atoms with Gasteiger partial charge in [0.15, 0.2) is 0 Å². The van der Waals surface area contributed by atoms with E-state index in [9.17, 15) is 4.79 Å². The van der Waals surface area contributed by atoms with Crippen molar-refractivity contribution >= 4 is 11.6 Å². The molecule has 116 valence electrons. The maximum atomic E-state index is 12.2. The van der Waals surface area contributed by atoms with Crippen molar-refractivity contribution in [2.45, 2.75) is 32.8 Å². The second-order valence-electron chi connectivity index (χ2n) is 5.68. The number of ether oxygens (including phenoxy) is 1. The molecule has 0 saturated heterocycles. The molecule has 0 spiro atoms. The van der Waals surface area contributed by atoms with Gasteiger partial charge in [0.25, 0.3) is 5.91 Å². The standard InChI is InChI=1S/C16H19N3O3/c1-10-3-6-13(16-19-17-9-22-16)7-14(10)18-15(20)11(2)21-8-12-4-5-12/h3,6-7,9,11-12H,4-5,8H2,1-2H3,(H,18,20). The Morgan fingerprint density at radius 3 is 3.00 bits per heavy atom. The molecule has 1 unspecified atom stereocenters. The lowest BCUT2D eigenvalue weighted by molar-refractivity contribution is -0.126. The Kier molecular flexibility index (Phi) is 4.20. The summed E-state index contributed by atoms with van der Waals surface area (Å²) in [4.78, 5) is 12.2. The van der Waals surface area contributed by atoms with Crippen LogP contribution in [0.5, 0.6) is 0 Å². The molecule has 3 rings (SSSR count). The predicted octanol–water partition coefficient (Wildman–Crippen LogP) is 2.80. The summed E-state index contributed by atoms with van der Waals surface area (Å²) < 4.78 is 10.8. The molecule has 1 saturated carbocycles. The average Bonchev–Trinajstić information content (AvgIpc) is 3.18. The number of nitrogens with one attached hydrogen (secondary N) is 1. The summed E-state index contributed by atoms with van der Waals surface area (Å²) in [7, 11) is 0. The third-order valence-electron chi connectivity index (χ3n) is 3.75. The van der Waals surface area contributed by atoms with Gasteiger partial charge in [0.2, 0.25) is 12.3 Å². The van der Waals surface area contributed by atoms with Crippen LogP contribution < -0.4 is 5.32 Å². The Hall–Kier alpha value is -2.21. The minimum Gasteiger partial charge on any atom is -0.423 e. The van der Waals surface area contributed by atoms with Gasteiger partial charge in [0.1, 0.15) is 6.10 Å². The molecule has 0 bridgehead atoms. The first kappa shape index (κ1) is 14.7. The summed E-state index contributed by atoms with van der Waals surface area (Å²) in [6.45, 7) is 4.37. The van der Waals surface area contributed by atoms with Crippen molar-refractivity contribution in [1.29, 1.82) is 0 Å². The molecule has 6 heteroatoms. The first-order valence-electron chi connectivity index (χ1n) is 7.43. The second kappa shape index (κ2) is 6.27. The topological polar surface area (TPSA) is 77.3 Å². The largest absolute Gasteiger partial charge is 0.423 e. The Morgan fingerprint density at radius 2 is 2.32 bits per heavy atom. The molecule has 1 aromatic heterocycles. The van der Waals surface area contributed by atoms with Gasteiger partial charge in [0, 0.05) is 11.3 Å². The van der Waals surface area contributed by atoms with Gasteiger partial charge in [-0.3, -0.25) is 4.79 Å². The van der Waals surface area contributed by atoms with E-state index in [4.69, 9.17) is 9.15 Å². The van der Waals surface area contributed by atoms with Crippen LogP contribution >= 0.6 is 0 Å². The molecule has 0 aliphatic heterocycles. The fourth-order valence-electron chi connectivity index (χ4n) is 2.06. The van der Waals surface area contributed by atoms with Crippen LogP contribution in [0.4, 0.5) is 5.69 Å². The van der Waals surface area contributed by atoms with E-state index < -0.39 is 6.10 Å². The van der Waals surface area contributed by atoms with Crippen molar-refractivity contribution in [3.63, 3.8) is 0 Å². The summed E-state index contributed by atoms with van der Waals surface area (Å²) >= 11 is 0. The highest BCUT2D eigenvalue weighted by atomic mass is 16.5. The van der Waals surface area contributed by atoms with E-state index >= 15 is 0 Å². The number of hydrogen-bond donors (Lipinski definition) is 1. The van der Waals surface area contributed by atoms with E-state index in [1.54, 1.807) is 6.92 Å². The normalized spacial score (nSPS) is 15.5. The Bertz CT molecular complexity index is 651. The molecule has 6 nitrogen and oxygen atoms in total. The molecule has 1 fully saturated rings. The van der Waals surface area contributed by atoms with Crippen LogP contribution in [0.25, 0.3) is 11.5 Å². The molecule has 2 aromatic rings. The van der Waals surface area contributed by atoms with Crippen molar-refractivity contribution < 1.29 is 13.9 Å². The number of carbonyl (C=O) groups is 1. The van der Waals surface area contributed by atoms with Crippen molar-refractivity contribution in [2.75, 3.05) is 11.9 Å². The fraction of sp³-hybridized carbons (Fsp3) is 0.438. The molecule has 1 amide bonds. The number of aryl methyl sites for hydroxylation is 1. The zero-order chi connectivity index (χ0) is 15.5. The minimum absolute atomic E-state index is 0.147. The van der Waals surface area contributed by atoms with Gasteiger partial charge >= 0.3 is 0 Å². The Labute approximate surface area is 128 Å². The zero-order valence-electron chi connectivity index (χ0n) is 12.7. The molecule has 1 aliphatic rings. The summed E-state index contributed by atoms with van der Waals surface area (Å²) in [5, 5.41) is 10.4. The van der Waals surface area contributed by atoms with Crippen LogP contribution in [-0.2, 0) is 9.53 Å². The third kappa shape index (κ3) is 3.51. The maximum Gasteiger partial charge on any atom is 0.253 e. The molecule has 1 heterocycles. The molecule has 1 N–H and O–H groups in total. The number of carbonyl (C=O) groups excluding carboxylic acids is 1. The van der Waals surface area contributed by atoms with Crippen LogP contribution in [-0.4, -0.2) is 28.8 Å². The van der Waals surface area contributed by atoms with Crippen molar-refractivity contribution in [2.24, 2.45) is 5.92 Å². The first-order chi connectivity index (χ1) is 10.6. The lowest BCUT2D eigenvalue weighted by atomic mass is 10.1. The summed E-state index contributed by atoms with van der Waals surface area (Å²) in [6.07, 6.45) is 3.23. The van der Waals surface area contributed by atoms with Crippen LogP contribution in [0.15, 0.2) is 29.0 Å². The van der Waals surface area contributed by atoms with Gasteiger partial charge in [-0.25, -0.2) is 0 Å². The molecule has 0 radical (unpaired) electrons. The molecule has 1 aliphatic carbocycles. The number of aromatic nitrogens is 2. The Morgan fingerprint density at radius 1 is 1.50 bits per heavy atom. The molecular weight excluding hydrogens is 282 g/mol. The lowest BCUT2D eigenvalue weighted by Gasteiger charge is -2.15. The highest BCUT2D eigenvalue weighted by Crippen LogP contribution is 2.29. The summed E-state index contributed by atoms with van der Waals surface area (Å²) in [5.41, 5.74) is 2.46.